The predicted octanol–water partition coefficient (Wildman–Crippen LogP) is 4.33. The van der Waals surface area contributed by atoms with E-state index in [0.29, 0.717) is 22.3 Å². The summed E-state index contributed by atoms with van der Waals surface area (Å²) in [6.07, 6.45) is 10.0. The van der Waals surface area contributed by atoms with Gasteiger partial charge in [0.1, 0.15) is 11.6 Å². The number of unbranched alkanes of at least 4 members (excludes halogenated alkanes) is 1. The summed E-state index contributed by atoms with van der Waals surface area (Å²) in [6.45, 7) is 2.51. The van der Waals surface area contributed by atoms with Gasteiger partial charge in [-0.1, -0.05) is 68.0 Å². The second-order valence-corrected chi connectivity index (χ2v) is 10.9. The lowest BCUT2D eigenvalue weighted by molar-refractivity contribution is -0.141. The molecule has 1 aliphatic carbocycles. The van der Waals surface area contributed by atoms with Gasteiger partial charge in [0, 0.05) is 18.3 Å². The Labute approximate surface area is 215 Å². The lowest BCUT2D eigenvalue weighted by atomic mass is 9.74. The summed E-state index contributed by atoms with van der Waals surface area (Å²) in [7, 11) is 0. The van der Waals surface area contributed by atoms with Crippen molar-refractivity contribution in [1.29, 1.82) is 0 Å². The van der Waals surface area contributed by atoms with Crippen LogP contribution in [0.1, 0.15) is 51.9 Å². The summed E-state index contributed by atoms with van der Waals surface area (Å²) in [4.78, 5) is 42.5. The molecule has 0 aromatic heterocycles. The number of fused-ring (bicyclic) bond motifs is 1. The molecule has 3 fully saturated rings. The number of nitrogens with one attached hydrogen (secondary N) is 2. The van der Waals surface area contributed by atoms with Crippen LogP contribution < -0.4 is 10.6 Å². The summed E-state index contributed by atoms with van der Waals surface area (Å²) < 4.78 is 6.36. The molecule has 5 atom stereocenters. The van der Waals surface area contributed by atoms with Gasteiger partial charge >= 0.3 is 0 Å². The molecule has 2 saturated heterocycles. The zero-order valence-electron chi connectivity index (χ0n) is 19.8. The minimum absolute atomic E-state index is 0.117. The van der Waals surface area contributed by atoms with Crippen LogP contribution in [0, 0.1) is 11.8 Å². The number of benzene rings is 1. The quantitative estimate of drug-likeness (QED) is 0.524. The van der Waals surface area contributed by atoms with Crippen LogP contribution in [0.25, 0.3) is 0 Å². The second-order valence-electron chi connectivity index (χ2n) is 10.0. The zero-order valence-corrected chi connectivity index (χ0v) is 21.3. The Hall–Kier alpha value is -2.09. The molecule has 9 heteroatoms. The lowest BCUT2D eigenvalue weighted by Crippen LogP contribution is -2.56. The molecule has 1 aromatic rings. The highest BCUT2D eigenvalue weighted by atomic mass is 35.5. The van der Waals surface area contributed by atoms with Crippen molar-refractivity contribution in [2.75, 3.05) is 11.9 Å². The van der Waals surface area contributed by atoms with Crippen LogP contribution in [0.4, 0.5) is 5.69 Å². The summed E-state index contributed by atoms with van der Waals surface area (Å²) in [5.41, 5.74) is -0.640. The van der Waals surface area contributed by atoms with Gasteiger partial charge in [-0.05, 0) is 37.5 Å². The Kier molecular flexibility index (Phi) is 6.85. The highest BCUT2D eigenvalue weighted by Gasteiger charge is 2.72. The van der Waals surface area contributed by atoms with E-state index >= 15 is 0 Å². The highest BCUT2D eigenvalue weighted by molar-refractivity contribution is 6.42. The maximum Gasteiger partial charge on any atom is 0.246 e. The Morgan fingerprint density at radius 2 is 1.91 bits per heavy atom. The van der Waals surface area contributed by atoms with Crippen molar-refractivity contribution in [3.8, 4) is 0 Å². The third-order valence-corrected chi connectivity index (χ3v) is 8.56. The first-order valence-electron chi connectivity index (χ1n) is 12.6. The van der Waals surface area contributed by atoms with Crippen LogP contribution in [0.5, 0.6) is 0 Å². The second kappa shape index (κ2) is 9.75. The van der Waals surface area contributed by atoms with Crippen LogP contribution >= 0.6 is 23.2 Å². The largest absolute Gasteiger partial charge is 0.359 e. The number of carbonyl (C=O) groups excluding carboxylic acids is 3. The highest BCUT2D eigenvalue weighted by Crippen LogP contribution is 2.55. The fraction of sp³-hybridized carbons (Fsp3) is 0.577. The van der Waals surface area contributed by atoms with E-state index in [1.807, 2.05) is 19.1 Å². The Morgan fingerprint density at radius 3 is 2.63 bits per heavy atom. The van der Waals surface area contributed by atoms with Crippen molar-refractivity contribution in [2.45, 2.75) is 75.7 Å². The number of ether oxygens (including phenoxy) is 1. The molecule has 2 N–H and O–H groups in total. The number of hydrogen-bond acceptors (Lipinski definition) is 4. The fourth-order valence-corrected chi connectivity index (χ4v) is 6.46. The molecule has 7 nitrogen and oxygen atoms in total. The molecular formula is C26H31Cl2N3O4. The smallest absolute Gasteiger partial charge is 0.246 e. The van der Waals surface area contributed by atoms with Gasteiger partial charge < -0.3 is 20.3 Å². The summed E-state index contributed by atoms with van der Waals surface area (Å²) in [5.74, 6) is -2.19. The lowest BCUT2D eigenvalue weighted by Gasteiger charge is -2.34. The number of amides is 3. The van der Waals surface area contributed by atoms with E-state index in [0.717, 1.165) is 38.5 Å². The fourth-order valence-electron chi connectivity index (χ4n) is 6.16. The maximum atomic E-state index is 13.8. The van der Waals surface area contributed by atoms with Crippen molar-refractivity contribution in [3.05, 3.63) is 40.4 Å². The van der Waals surface area contributed by atoms with Crippen LogP contribution in [0.15, 0.2) is 30.4 Å². The van der Waals surface area contributed by atoms with E-state index in [4.69, 9.17) is 27.9 Å². The maximum absolute atomic E-state index is 13.8. The third kappa shape index (κ3) is 4.25. The van der Waals surface area contributed by atoms with Gasteiger partial charge in [-0.3, -0.25) is 14.4 Å². The van der Waals surface area contributed by atoms with Crippen molar-refractivity contribution < 1.29 is 19.1 Å². The number of hydrogen-bond donors (Lipinski definition) is 2. The Morgan fingerprint density at radius 1 is 1.14 bits per heavy atom. The Bertz CT molecular complexity index is 1060. The van der Waals surface area contributed by atoms with E-state index < -0.39 is 29.6 Å². The van der Waals surface area contributed by atoms with Crippen LogP contribution in [-0.4, -0.2) is 53.0 Å². The molecule has 1 saturated carbocycles. The first-order valence-corrected chi connectivity index (χ1v) is 13.3. The minimum atomic E-state index is -1.13. The standard InChI is InChI=1S/C26H31Cl2N3O4/c1-2-3-13-31-22(24(33)29-15-7-5-4-6-8-15)26-12-11-19(35-26)20(21(26)25(31)34)23(32)30-16-9-10-17(27)18(28)14-16/h9-12,14-15,19-22H,2-8,13H2,1H3,(H,29,33)(H,30,32)/t19-,20+,21-,22-,26-/m0/s1. The van der Waals surface area contributed by atoms with Crippen molar-refractivity contribution in [1.82, 2.24) is 10.2 Å². The number of halogens is 2. The first kappa shape index (κ1) is 24.6. The van der Waals surface area contributed by atoms with Crippen molar-refractivity contribution in [2.24, 2.45) is 11.8 Å². The molecule has 1 aromatic carbocycles. The van der Waals surface area contributed by atoms with E-state index in [1.54, 1.807) is 23.1 Å². The van der Waals surface area contributed by atoms with E-state index in [9.17, 15) is 14.4 Å². The number of likely N-dealkylation sites (tertiary alicyclic amines) is 1. The number of anilines is 1. The molecule has 5 rings (SSSR count). The molecule has 3 amide bonds. The minimum Gasteiger partial charge on any atom is -0.359 e. The topological polar surface area (TPSA) is 87.7 Å². The zero-order chi connectivity index (χ0) is 24.7. The average molecular weight is 520 g/mol. The van der Waals surface area contributed by atoms with Crippen molar-refractivity contribution in [3.63, 3.8) is 0 Å². The summed E-state index contributed by atoms with van der Waals surface area (Å²) in [6, 6.07) is 4.18. The summed E-state index contributed by atoms with van der Waals surface area (Å²) in [5, 5.41) is 6.78. The van der Waals surface area contributed by atoms with Gasteiger partial charge in [0.25, 0.3) is 0 Å². The van der Waals surface area contributed by atoms with Crippen molar-refractivity contribution >= 4 is 46.6 Å². The van der Waals surface area contributed by atoms with E-state index in [1.165, 1.54) is 6.42 Å². The van der Waals surface area contributed by atoms with Crippen LogP contribution in [0.3, 0.4) is 0 Å². The van der Waals surface area contributed by atoms with E-state index in [-0.39, 0.29) is 23.8 Å². The van der Waals surface area contributed by atoms with E-state index in [2.05, 4.69) is 10.6 Å². The number of carbonyl (C=O) groups is 3. The molecule has 3 aliphatic heterocycles. The van der Waals surface area contributed by atoms with Gasteiger partial charge in [0.05, 0.1) is 28.0 Å². The molecule has 188 valence electrons. The number of rotatable bonds is 7. The molecule has 2 bridgehead atoms. The van der Waals surface area contributed by atoms with Gasteiger partial charge in [0.2, 0.25) is 17.7 Å². The van der Waals surface area contributed by atoms with Gasteiger partial charge in [-0.25, -0.2) is 0 Å². The van der Waals surface area contributed by atoms with Crippen LogP contribution in [0.2, 0.25) is 10.0 Å². The van der Waals surface area contributed by atoms with Gasteiger partial charge in [-0.15, -0.1) is 0 Å². The Balaban J connectivity index is 1.42. The molecule has 0 unspecified atom stereocenters. The predicted molar refractivity (Wildman–Crippen MR) is 134 cm³/mol. The molecule has 35 heavy (non-hydrogen) atoms. The van der Waals surface area contributed by atoms with Gasteiger partial charge in [-0.2, -0.15) is 0 Å². The molecule has 0 radical (unpaired) electrons. The number of nitrogens with zero attached hydrogens (tertiary/aromatic N) is 1. The molecule has 3 heterocycles. The molecular weight excluding hydrogens is 489 g/mol. The van der Waals surface area contributed by atoms with Crippen LogP contribution in [-0.2, 0) is 19.1 Å². The monoisotopic (exact) mass is 519 g/mol. The van der Waals surface area contributed by atoms with Gasteiger partial charge in [0.15, 0.2) is 0 Å². The summed E-state index contributed by atoms with van der Waals surface area (Å²) >= 11 is 12.1. The normalized spacial score (nSPS) is 31.6. The molecule has 1 spiro atoms. The molecule has 4 aliphatic rings. The SMILES string of the molecule is CCCCN1C(=O)[C@@H]2[C@H](C(=O)Nc3ccc(Cl)c(Cl)c3)[C@@H]3C=C[C@@]2(O3)[C@@H]1C(=O)NC1CCCCC1. The average Bonchev–Trinajstić information content (AvgIpc) is 3.48. The third-order valence-electron chi connectivity index (χ3n) is 7.82. The first-order chi connectivity index (χ1) is 16.9.